The molecule has 1 rings (SSSR count). The van der Waals surface area contributed by atoms with E-state index in [-0.39, 0.29) is 18.8 Å². The Morgan fingerprint density at radius 2 is 2.00 bits per heavy atom. The summed E-state index contributed by atoms with van der Waals surface area (Å²) in [4.78, 5) is 0. The molecule has 0 aromatic carbocycles. The van der Waals surface area contributed by atoms with Gasteiger partial charge in [0.15, 0.2) is 0 Å². The molecule has 3 unspecified atom stereocenters. The Hall–Kier alpha value is -0.250. The predicted molar refractivity (Wildman–Crippen MR) is 57.0 cm³/mol. The van der Waals surface area contributed by atoms with Gasteiger partial charge in [-0.2, -0.15) is 13.2 Å². The van der Waals surface area contributed by atoms with E-state index in [1.54, 1.807) is 0 Å². The lowest BCUT2D eigenvalue weighted by Gasteiger charge is -2.33. The van der Waals surface area contributed by atoms with Crippen LogP contribution in [0.2, 0.25) is 0 Å². The Balaban J connectivity index is 2.43. The number of hydrogen-bond acceptors (Lipinski definition) is 1. The molecule has 4 heteroatoms. The van der Waals surface area contributed by atoms with Crippen LogP contribution in [-0.4, -0.2) is 17.4 Å². The average Bonchev–Trinajstić information content (AvgIpc) is 2.25. The van der Waals surface area contributed by atoms with Crippen molar-refractivity contribution in [3.63, 3.8) is 0 Å². The van der Waals surface area contributed by atoms with Crippen molar-refractivity contribution in [1.82, 2.24) is 0 Å². The first-order valence-corrected chi connectivity index (χ1v) is 6.20. The standard InChI is InChI=1S/C12H21F3O/c1-2-3-7-11(16)9-5-4-6-10(8-9)12(13,14)15/h9-11,16H,2-8H2,1H3. The SMILES string of the molecule is CCCCC(O)C1CCCC(C(F)(F)F)C1. The summed E-state index contributed by atoms with van der Waals surface area (Å²) in [7, 11) is 0. The molecule has 1 aliphatic carbocycles. The van der Waals surface area contributed by atoms with Crippen LogP contribution in [0.15, 0.2) is 0 Å². The molecule has 0 bridgehead atoms. The fraction of sp³-hybridized carbons (Fsp3) is 1.00. The number of aliphatic hydroxyl groups is 1. The number of hydrogen-bond donors (Lipinski definition) is 1. The summed E-state index contributed by atoms with van der Waals surface area (Å²) in [6.45, 7) is 2.02. The zero-order valence-corrected chi connectivity index (χ0v) is 9.76. The van der Waals surface area contributed by atoms with Gasteiger partial charge in [-0.05, 0) is 31.6 Å². The first kappa shape index (κ1) is 13.8. The van der Waals surface area contributed by atoms with Crippen LogP contribution in [0.5, 0.6) is 0 Å². The van der Waals surface area contributed by atoms with Crippen LogP contribution in [-0.2, 0) is 0 Å². The fourth-order valence-corrected chi connectivity index (χ4v) is 2.52. The Bertz CT molecular complexity index is 203. The zero-order chi connectivity index (χ0) is 12.2. The summed E-state index contributed by atoms with van der Waals surface area (Å²) in [5.41, 5.74) is 0. The van der Waals surface area contributed by atoms with Gasteiger partial charge < -0.3 is 5.11 Å². The topological polar surface area (TPSA) is 20.2 Å². The lowest BCUT2D eigenvalue weighted by Crippen LogP contribution is -2.33. The zero-order valence-electron chi connectivity index (χ0n) is 9.76. The van der Waals surface area contributed by atoms with Crippen LogP contribution in [0.4, 0.5) is 13.2 Å². The molecule has 0 spiro atoms. The van der Waals surface area contributed by atoms with Crippen LogP contribution in [0.25, 0.3) is 0 Å². The third-order valence-electron chi connectivity index (χ3n) is 3.58. The molecule has 96 valence electrons. The van der Waals surface area contributed by atoms with E-state index in [1.165, 1.54) is 0 Å². The van der Waals surface area contributed by atoms with Crippen molar-refractivity contribution in [3.8, 4) is 0 Å². The maximum Gasteiger partial charge on any atom is 0.391 e. The first-order valence-electron chi connectivity index (χ1n) is 6.20. The Labute approximate surface area is 95.0 Å². The highest BCUT2D eigenvalue weighted by Gasteiger charge is 2.43. The van der Waals surface area contributed by atoms with E-state index in [9.17, 15) is 18.3 Å². The van der Waals surface area contributed by atoms with E-state index in [1.807, 2.05) is 6.92 Å². The van der Waals surface area contributed by atoms with Crippen LogP contribution < -0.4 is 0 Å². The molecule has 0 aromatic heterocycles. The molecule has 1 fully saturated rings. The summed E-state index contributed by atoms with van der Waals surface area (Å²) in [6, 6.07) is 0. The molecule has 0 radical (unpaired) electrons. The predicted octanol–water partition coefficient (Wildman–Crippen LogP) is 3.91. The van der Waals surface area contributed by atoms with E-state index < -0.39 is 18.2 Å². The number of rotatable bonds is 4. The van der Waals surface area contributed by atoms with Gasteiger partial charge in [-0.25, -0.2) is 0 Å². The van der Waals surface area contributed by atoms with Crippen molar-refractivity contribution >= 4 is 0 Å². The molecule has 1 saturated carbocycles. The van der Waals surface area contributed by atoms with E-state index in [0.717, 1.165) is 19.3 Å². The van der Waals surface area contributed by atoms with Gasteiger partial charge in [0.1, 0.15) is 0 Å². The second-order valence-corrected chi connectivity index (χ2v) is 4.87. The van der Waals surface area contributed by atoms with Crippen LogP contribution in [0, 0.1) is 11.8 Å². The third-order valence-corrected chi connectivity index (χ3v) is 3.58. The van der Waals surface area contributed by atoms with Gasteiger partial charge in [0, 0.05) is 0 Å². The smallest absolute Gasteiger partial charge is 0.391 e. The monoisotopic (exact) mass is 238 g/mol. The van der Waals surface area contributed by atoms with Gasteiger partial charge in [-0.15, -0.1) is 0 Å². The summed E-state index contributed by atoms with van der Waals surface area (Å²) < 4.78 is 37.6. The van der Waals surface area contributed by atoms with E-state index in [2.05, 4.69) is 0 Å². The fourth-order valence-electron chi connectivity index (χ4n) is 2.52. The van der Waals surface area contributed by atoms with Crippen molar-refractivity contribution < 1.29 is 18.3 Å². The second-order valence-electron chi connectivity index (χ2n) is 4.87. The highest BCUT2D eigenvalue weighted by Crippen LogP contribution is 2.41. The Morgan fingerprint density at radius 1 is 1.31 bits per heavy atom. The number of unbranched alkanes of at least 4 members (excludes halogenated alkanes) is 1. The van der Waals surface area contributed by atoms with Crippen molar-refractivity contribution in [2.24, 2.45) is 11.8 Å². The minimum atomic E-state index is -4.08. The lowest BCUT2D eigenvalue weighted by molar-refractivity contribution is -0.188. The summed E-state index contributed by atoms with van der Waals surface area (Å²) in [6.07, 6.45) is -0.398. The maximum absolute atomic E-state index is 12.5. The lowest BCUT2D eigenvalue weighted by atomic mass is 9.77. The molecule has 3 atom stereocenters. The maximum atomic E-state index is 12.5. The van der Waals surface area contributed by atoms with E-state index in [0.29, 0.717) is 12.8 Å². The molecule has 0 aromatic rings. The molecule has 0 amide bonds. The van der Waals surface area contributed by atoms with Crippen LogP contribution in [0.3, 0.4) is 0 Å². The van der Waals surface area contributed by atoms with Crippen LogP contribution in [0.1, 0.15) is 51.9 Å². The minimum Gasteiger partial charge on any atom is -0.393 e. The Kier molecular flexibility index (Phi) is 5.09. The second kappa shape index (κ2) is 5.89. The largest absolute Gasteiger partial charge is 0.393 e. The van der Waals surface area contributed by atoms with E-state index >= 15 is 0 Å². The molecule has 0 aliphatic heterocycles. The van der Waals surface area contributed by atoms with Gasteiger partial charge in [0.25, 0.3) is 0 Å². The summed E-state index contributed by atoms with van der Waals surface area (Å²) >= 11 is 0. The van der Waals surface area contributed by atoms with Gasteiger partial charge in [0.05, 0.1) is 12.0 Å². The highest BCUT2D eigenvalue weighted by molar-refractivity contribution is 4.81. The molecule has 0 heterocycles. The average molecular weight is 238 g/mol. The van der Waals surface area contributed by atoms with Gasteiger partial charge in [-0.1, -0.05) is 26.2 Å². The van der Waals surface area contributed by atoms with Gasteiger partial charge >= 0.3 is 6.18 Å². The quantitative estimate of drug-likeness (QED) is 0.787. The molecule has 1 N–H and O–H groups in total. The number of alkyl halides is 3. The van der Waals surface area contributed by atoms with Crippen molar-refractivity contribution in [1.29, 1.82) is 0 Å². The molecular formula is C12H21F3O. The van der Waals surface area contributed by atoms with Gasteiger partial charge in [0.2, 0.25) is 0 Å². The van der Waals surface area contributed by atoms with Crippen molar-refractivity contribution in [3.05, 3.63) is 0 Å². The number of aliphatic hydroxyl groups excluding tert-OH is 1. The minimum absolute atomic E-state index is 0.119. The third kappa shape index (κ3) is 3.96. The summed E-state index contributed by atoms with van der Waals surface area (Å²) in [5.74, 6) is -1.34. The molecule has 1 aliphatic rings. The molecule has 0 saturated heterocycles. The van der Waals surface area contributed by atoms with E-state index in [4.69, 9.17) is 0 Å². The Morgan fingerprint density at radius 3 is 2.56 bits per heavy atom. The number of halogens is 3. The summed E-state index contributed by atoms with van der Waals surface area (Å²) in [5, 5.41) is 9.82. The van der Waals surface area contributed by atoms with Crippen molar-refractivity contribution in [2.75, 3.05) is 0 Å². The van der Waals surface area contributed by atoms with Crippen LogP contribution >= 0.6 is 0 Å². The van der Waals surface area contributed by atoms with Gasteiger partial charge in [-0.3, -0.25) is 0 Å². The molecular weight excluding hydrogens is 217 g/mol. The first-order chi connectivity index (χ1) is 7.45. The highest BCUT2D eigenvalue weighted by atomic mass is 19.4. The molecule has 16 heavy (non-hydrogen) atoms. The normalized spacial score (nSPS) is 29.1. The van der Waals surface area contributed by atoms with Crippen molar-refractivity contribution in [2.45, 2.75) is 64.1 Å². The molecule has 1 nitrogen and oxygen atoms in total.